The molecule has 1 aromatic carbocycles. The molecule has 2 heterocycles. The number of carbonyl (C=O) groups excluding carboxylic acids is 1. The van der Waals surface area contributed by atoms with Crippen molar-refractivity contribution in [1.29, 1.82) is 0 Å². The Balaban J connectivity index is 1.83. The zero-order chi connectivity index (χ0) is 13.2. The van der Waals surface area contributed by atoms with Gasteiger partial charge in [0.25, 0.3) is 0 Å². The smallest absolute Gasteiger partial charge is 0.323 e. The maximum Gasteiger partial charge on any atom is 0.323 e. The van der Waals surface area contributed by atoms with E-state index in [1.54, 1.807) is 0 Å². The van der Waals surface area contributed by atoms with Gasteiger partial charge in [-0.3, -0.25) is 4.79 Å². The van der Waals surface area contributed by atoms with E-state index < -0.39 is 0 Å². The van der Waals surface area contributed by atoms with E-state index in [1.807, 2.05) is 18.2 Å². The molecule has 0 radical (unpaired) electrons. The summed E-state index contributed by atoms with van der Waals surface area (Å²) >= 11 is 0. The molecule has 0 bridgehead atoms. The standard InChI is InChI=1S/C13H16N4O2/c18-12-10(3-1-2-6-14-12)15-8-4-5-9-11(7-8)17-13(19)16-9/h4-5,7,10,15H,1-3,6H2,(H,14,18)(H2,16,17,19). The first-order chi connectivity index (χ1) is 9.22. The van der Waals surface area contributed by atoms with Gasteiger partial charge in [0, 0.05) is 12.2 Å². The molecular formula is C13H16N4O2. The molecule has 1 aromatic heterocycles. The summed E-state index contributed by atoms with van der Waals surface area (Å²) in [6.45, 7) is 0.751. The minimum Gasteiger partial charge on any atom is -0.374 e. The summed E-state index contributed by atoms with van der Waals surface area (Å²) in [5.41, 5.74) is 2.12. The molecule has 1 fully saturated rings. The third-order valence-corrected chi connectivity index (χ3v) is 3.39. The van der Waals surface area contributed by atoms with Crippen LogP contribution < -0.4 is 16.3 Å². The van der Waals surface area contributed by atoms with Gasteiger partial charge in [0.05, 0.1) is 11.0 Å². The Morgan fingerprint density at radius 3 is 2.84 bits per heavy atom. The minimum absolute atomic E-state index is 0.0418. The van der Waals surface area contributed by atoms with Gasteiger partial charge in [-0.1, -0.05) is 0 Å². The van der Waals surface area contributed by atoms with E-state index in [-0.39, 0.29) is 17.6 Å². The Hall–Kier alpha value is -2.24. The van der Waals surface area contributed by atoms with Crippen molar-refractivity contribution in [1.82, 2.24) is 15.3 Å². The summed E-state index contributed by atoms with van der Waals surface area (Å²) in [4.78, 5) is 28.4. The fourth-order valence-electron chi connectivity index (χ4n) is 2.40. The first-order valence-electron chi connectivity index (χ1n) is 6.49. The van der Waals surface area contributed by atoms with Crippen molar-refractivity contribution in [2.24, 2.45) is 0 Å². The van der Waals surface area contributed by atoms with E-state index in [2.05, 4.69) is 20.6 Å². The zero-order valence-electron chi connectivity index (χ0n) is 10.5. The number of anilines is 1. The largest absolute Gasteiger partial charge is 0.374 e. The van der Waals surface area contributed by atoms with E-state index in [4.69, 9.17) is 0 Å². The monoisotopic (exact) mass is 260 g/mol. The average molecular weight is 260 g/mol. The number of H-pyrrole nitrogens is 2. The second-order valence-corrected chi connectivity index (χ2v) is 4.82. The van der Waals surface area contributed by atoms with Gasteiger partial charge in [-0.25, -0.2) is 4.79 Å². The van der Waals surface area contributed by atoms with Crippen molar-refractivity contribution in [3.8, 4) is 0 Å². The highest BCUT2D eigenvalue weighted by atomic mass is 16.2. The van der Waals surface area contributed by atoms with Crippen molar-refractivity contribution >= 4 is 22.6 Å². The Labute approximate surface area is 109 Å². The number of amides is 1. The minimum atomic E-state index is -0.223. The van der Waals surface area contributed by atoms with Crippen LogP contribution in [0.1, 0.15) is 19.3 Å². The molecule has 100 valence electrons. The lowest BCUT2D eigenvalue weighted by atomic mass is 10.1. The maximum absolute atomic E-state index is 11.8. The van der Waals surface area contributed by atoms with Gasteiger partial charge >= 0.3 is 5.69 Å². The highest BCUT2D eigenvalue weighted by molar-refractivity contribution is 5.86. The number of aromatic nitrogens is 2. The number of benzene rings is 1. The number of imidazole rings is 1. The summed E-state index contributed by atoms with van der Waals surface area (Å²) in [5, 5.41) is 6.11. The SMILES string of the molecule is O=C1NCCCCC1Nc1ccc2[nH]c(=O)[nH]c2c1. The number of carbonyl (C=O) groups is 1. The van der Waals surface area contributed by atoms with Crippen LogP contribution in [0.2, 0.25) is 0 Å². The van der Waals surface area contributed by atoms with Gasteiger partial charge < -0.3 is 20.6 Å². The predicted molar refractivity (Wildman–Crippen MR) is 73.2 cm³/mol. The van der Waals surface area contributed by atoms with Gasteiger partial charge in [0.15, 0.2) is 0 Å². The molecule has 1 atom stereocenters. The van der Waals surface area contributed by atoms with Crippen molar-refractivity contribution in [3.05, 3.63) is 28.7 Å². The van der Waals surface area contributed by atoms with Crippen LogP contribution in [0.5, 0.6) is 0 Å². The lowest BCUT2D eigenvalue weighted by molar-refractivity contribution is -0.121. The van der Waals surface area contributed by atoms with E-state index in [1.165, 1.54) is 0 Å². The first kappa shape index (κ1) is 11.8. The van der Waals surface area contributed by atoms with Crippen LogP contribution in [0.3, 0.4) is 0 Å². The number of hydrogen-bond donors (Lipinski definition) is 4. The predicted octanol–water partition coefficient (Wildman–Crippen LogP) is 0.937. The zero-order valence-corrected chi connectivity index (χ0v) is 10.5. The van der Waals surface area contributed by atoms with Gasteiger partial charge in [0.1, 0.15) is 6.04 Å². The van der Waals surface area contributed by atoms with Crippen LogP contribution in [0.15, 0.2) is 23.0 Å². The van der Waals surface area contributed by atoms with Crippen LogP contribution in [0.25, 0.3) is 11.0 Å². The van der Waals surface area contributed by atoms with Crippen molar-refractivity contribution in [2.75, 3.05) is 11.9 Å². The maximum atomic E-state index is 11.8. The fraction of sp³-hybridized carbons (Fsp3) is 0.385. The summed E-state index contributed by atoms with van der Waals surface area (Å²) in [6.07, 6.45) is 2.88. The summed E-state index contributed by atoms with van der Waals surface area (Å²) in [7, 11) is 0. The molecule has 4 N–H and O–H groups in total. The molecular weight excluding hydrogens is 244 g/mol. The third-order valence-electron chi connectivity index (χ3n) is 3.39. The lowest BCUT2D eigenvalue weighted by Gasteiger charge is -2.16. The van der Waals surface area contributed by atoms with Crippen molar-refractivity contribution in [2.45, 2.75) is 25.3 Å². The molecule has 19 heavy (non-hydrogen) atoms. The fourth-order valence-corrected chi connectivity index (χ4v) is 2.40. The average Bonchev–Trinajstić information content (AvgIpc) is 2.64. The first-order valence-corrected chi connectivity index (χ1v) is 6.49. The number of rotatable bonds is 2. The van der Waals surface area contributed by atoms with Gasteiger partial charge in [-0.15, -0.1) is 0 Å². The Morgan fingerprint density at radius 2 is 1.95 bits per heavy atom. The topological polar surface area (TPSA) is 89.8 Å². The lowest BCUT2D eigenvalue weighted by Crippen LogP contribution is -2.37. The number of hydrogen-bond acceptors (Lipinski definition) is 3. The number of fused-ring (bicyclic) bond motifs is 1. The Bertz CT molecular complexity index is 658. The van der Waals surface area contributed by atoms with Crippen molar-refractivity contribution in [3.63, 3.8) is 0 Å². The molecule has 0 spiro atoms. The number of aromatic amines is 2. The highest BCUT2D eigenvalue weighted by Gasteiger charge is 2.20. The molecule has 6 nitrogen and oxygen atoms in total. The molecule has 0 saturated carbocycles. The Kier molecular flexibility index (Phi) is 2.98. The van der Waals surface area contributed by atoms with E-state index >= 15 is 0 Å². The molecule has 1 aliphatic rings. The Morgan fingerprint density at radius 1 is 1.11 bits per heavy atom. The molecule has 1 saturated heterocycles. The van der Waals surface area contributed by atoms with Gasteiger partial charge in [0.2, 0.25) is 5.91 Å². The van der Waals surface area contributed by atoms with Crippen LogP contribution >= 0.6 is 0 Å². The third kappa shape index (κ3) is 2.47. The van der Waals surface area contributed by atoms with Crippen LogP contribution in [-0.2, 0) is 4.79 Å². The molecule has 6 heteroatoms. The highest BCUT2D eigenvalue weighted by Crippen LogP contribution is 2.17. The summed E-state index contributed by atoms with van der Waals surface area (Å²) < 4.78 is 0. The molecule has 1 unspecified atom stereocenters. The molecule has 3 rings (SSSR count). The van der Waals surface area contributed by atoms with E-state index in [0.29, 0.717) is 0 Å². The van der Waals surface area contributed by atoms with Gasteiger partial charge in [-0.05, 0) is 37.5 Å². The molecule has 1 amide bonds. The molecule has 2 aromatic rings. The van der Waals surface area contributed by atoms with Crippen LogP contribution in [0, 0.1) is 0 Å². The second kappa shape index (κ2) is 4.79. The quantitative estimate of drug-likeness (QED) is 0.647. The van der Waals surface area contributed by atoms with E-state index in [9.17, 15) is 9.59 Å². The number of nitrogens with one attached hydrogen (secondary N) is 4. The second-order valence-electron chi connectivity index (χ2n) is 4.82. The molecule has 1 aliphatic heterocycles. The molecule has 0 aliphatic carbocycles. The van der Waals surface area contributed by atoms with Crippen LogP contribution in [0.4, 0.5) is 5.69 Å². The summed E-state index contributed by atoms with van der Waals surface area (Å²) in [6, 6.07) is 5.32. The van der Waals surface area contributed by atoms with E-state index in [0.717, 1.165) is 42.5 Å². The van der Waals surface area contributed by atoms with Crippen LogP contribution in [-0.4, -0.2) is 28.5 Å². The summed E-state index contributed by atoms with van der Waals surface area (Å²) in [5.74, 6) is 0.0418. The normalized spacial score (nSPS) is 20.0. The van der Waals surface area contributed by atoms with Crippen molar-refractivity contribution < 1.29 is 4.79 Å². The van der Waals surface area contributed by atoms with Gasteiger partial charge in [-0.2, -0.15) is 0 Å².